The molecule has 2 aromatic heterocycles. The molecule has 0 amide bonds. The Kier molecular flexibility index (Phi) is 6.65. The molecule has 152 valence electrons. The number of guanidine groups is 1. The number of hydrogen-bond donors (Lipinski definition) is 2. The normalized spacial score (nSPS) is 12.1. The van der Waals surface area contributed by atoms with Crippen LogP contribution in [0.2, 0.25) is 0 Å². The van der Waals surface area contributed by atoms with Crippen LogP contribution in [-0.2, 0) is 18.4 Å². The van der Waals surface area contributed by atoms with Crippen molar-refractivity contribution in [3.05, 3.63) is 77.7 Å². The zero-order valence-electron chi connectivity index (χ0n) is 17.7. The molecule has 2 N–H and O–H groups in total. The quantitative estimate of drug-likeness (QED) is 0.500. The van der Waals surface area contributed by atoms with Gasteiger partial charge in [-0.2, -0.15) is 5.10 Å². The maximum atomic E-state index is 4.36. The highest BCUT2D eigenvalue weighted by molar-refractivity contribution is 5.79. The van der Waals surface area contributed by atoms with Crippen LogP contribution in [0.25, 0.3) is 5.82 Å². The Hall–Kier alpha value is -3.15. The second kappa shape index (κ2) is 9.37. The fraction of sp³-hybridized carbons (Fsp3) is 0.348. The van der Waals surface area contributed by atoms with Crippen molar-refractivity contribution in [2.45, 2.75) is 39.2 Å². The van der Waals surface area contributed by atoms with Gasteiger partial charge in [-0.1, -0.05) is 45.0 Å². The number of nitrogens with one attached hydrogen (secondary N) is 2. The topological polar surface area (TPSA) is 67.1 Å². The Morgan fingerprint density at radius 2 is 1.83 bits per heavy atom. The van der Waals surface area contributed by atoms with Gasteiger partial charge in [0.1, 0.15) is 0 Å². The molecule has 29 heavy (non-hydrogen) atoms. The lowest BCUT2D eigenvalue weighted by atomic mass is 9.86. The molecule has 0 radical (unpaired) electrons. The van der Waals surface area contributed by atoms with Crippen LogP contribution in [0.1, 0.15) is 37.5 Å². The highest BCUT2D eigenvalue weighted by Crippen LogP contribution is 2.22. The summed E-state index contributed by atoms with van der Waals surface area (Å²) in [5.74, 6) is 1.59. The van der Waals surface area contributed by atoms with E-state index in [0.29, 0.717) is 6.54 Å². The zero-order valence-corrected chi connectivity index (χ0v) is 17.7. The maximum Gasteiger partial charge on any atom is 0.191 e. The molecule has 0 spiro atoms. The van der Waals surface area contributed by atoms with E-state index in [1.165, 1.54) is 11.1 Å². The summed E-state index contributed by atoms with van der Waals surface area (Å²) in [5, 5.41) is 11.0. The third kappa shape index (κ3) is 5.91. The summed E-state index contributed by atoms with van der Waals surface area (Å²) in [7, 11) is 1.79. The predicted octanol–water partition coefficient (Wildman–Crippen LogP) is 3.47. The van der Waals surface area contributed by atoms with E-state index in [1.54, 1.807) is 24.1 Å². The first-order chi connectivity index (χ1) is 14.0. The SMILES string of the molecule is CN=C(NCCc1ccc(C(C)(C)C)cc1)NCc1ccnc(-n2cccn2)c1. The molecule has 3 rings (SSSR count). The minimum atomic E-state index is 0.187. The van der Waals surface area contributed by atoms with Gasteiger partial charge in [0.05, 0.1) is 0 Å². The molecule has 1 aromatic carbocycles. The second-order valence-electron chi connectivity index (χ2n) is 8.02. The molecule has 0 saturated heterocycles. The molecule has 2 heterocycles. The van der Waals surface area contributed by atoms with Crippen LogP contribution in [0.5, 0.6) is 0 Å². The molecule has 0 aliphatic carbocycles. The summed E-state index contributed by atoms with van der Waals surface area (Å²) < 4.78 is 1.75. The first-order valence-corrected chi connectivity index (χ1v) is 9.94. The highest BCUT2D eigenvalue weighted by Gasteiger charge is 2.12. The first-order valence-electron chi connectivity index (χ1n) is 9.94. The van der Waals surface area contributed by atoms with Crippen LogP contribution in [0.15, 0.2) is 66.0 Å². The summed E-state index contributed by atoms with van der Waals surface area (Å²) in [5.41, 5.74) is 3.98. The van der Waals surface area contributed by atoms with E-state index in [4.69, 9.17) is 0 Å². The molecular formula is C23H30N6. The number of benzene rings is 1. The van der Waals surface area contributed by atoms with Crippen molar-refractivity contribution >= 4 is 5.96 Å². The minimum Gasteiger partial charge on any atom is -0.356 e. The summed E-state index contributed by atoms with van der Waals surface area (Å²) in [6.45, 7) is 8.19. The molecule has 0 aliphatic rings. The molecule has 0 fully saturated rings. The van der Waals surface area contributed by atoms with Crippen LogP contribution < -0.4 is 10.6 Å². The smallest absolute Gasteiger partial charge is 0.191 e. The van der Waals surface area contributed by atoms with Gasteiger partial charge in [-0.25, -0.2) is 9.67 Å². The summed E-state index contributed by atoms with van der Waals surface area (Å²) in [6, 6.07) is 14.8. The van der Waals surface area contributed by atoms with Gasteiger partial charge in [-0.3, -0.25) is 4.99 Å². The van der Waals surface area contributed by atoms with E-state index in [9.17, 15) is 0 Å². The zero-order chi connectivity index (χ0) is 20.7. The number of pyridine rings is 1. The monoisotopic (exact) mass is 390 g/mol. The van der Waals surface area contributed by atoms with Crippen LogP contribution >= 0.6 is 0 Å². The lowest BCUT2D eigenvalue weighted by Gasteiger charge is -2.19. The van der Waals surface area contributed by atoms with E-state index in [1.807, 2.05) is 24.4 Å². The predicted molar refractivity (Wildman–Crippen MR) is 118 cm³/mol. The molecule has 3 aromatic rings. The maximum absolute atomic E-state index is 4.36. The third-order valence-electron chi connectivity index (χ3n) is 4.76. The fourth-order valence-electron chi connectivity index (χ4n) is 3.00. The number of hydrogen-bond acceptors (Lipinski definition) is 3. The number of aromatic nitrogens is 3. The molecule has 6 heteroatoms. The fourth-order valence-corrected chi connectivity index (χ4v) is 3.00. The van der Waals surface area contributed by atoms with Gasteiger partial charge >= 0.3 is 0 Å². The Morgan fingerprint density at radius 3 is 2.48 bits per heavy atom. The minimum absolute atomic E-state index is 0.187. The number of aliphatic imine (C=N–C) groups is 1. The van der Waals surface area contributed by atoms with Crippen molar-refractivity contribution < 1.29 is 0 Å². The van der Waals surface area contributed by atoms with Gasteiger partial charge in [0, 0.05) is 38.7 Å². The molecular weight excluding hydrogens is 360 g/mol. The van der Waals surface area contributed by atoms with Gasteiger partial charge in [-0.15, -0.1) is 0 Å². The Bertz CT molecular complexity index is 921. The van der Waals surface area contributed by atoms with Crippen molar-refractivity contribution in [2.24, 2.45) is 4.99 Å². The van der Waals surface area contributed by atoms with Crippen molar-refractivity contribution in [2.75, 3.05) is 13.6 Å². The van der Waals surface area contributed by atoms with Gasteiger partial charge in [0.2, 0.25) is 0 Å². The average molecular weight is 391 g/mol. The molecule has 0 saturated carbocycles. The van der Waals surface area contributed by atoms with E-state index in [0.717, 1.165) is 30.3 Å². The first kappa shape index (κ1) is 20.6. The van der Waals surface area contributed by atoms with Gasteiger partial charge in [0.15, 0.2) is 11.8 Å². The van der Waals surface area contributed by atoms with Crippen molar-refractivity contribution in [3.63, 3.8) is 0 Å². The van der Waals surface area contributed by atoms with Crippen LogP contribution in [0.4, 0.5) is 0 Å². The van der Waals surface area contributed by atoms with Gasteiger partial charge < -0.3 is 10.6 Å². The van der Waals surface area contributed by atoms with Crippen molar-refractivity contribution in [1.29, 1.82) is 0 Å². The molecule has 0 bridgehead atoms. The molecule has 0 unspecified atom stereocenters. The average Bonchev–Trinajstić information content (AvgIpc) is 3.25. The largest absolute Gasteiger partial charge is 0.356 e. The van der Waals surface area contributed by atoms with E-state index >= 15 is 0 Å². The van der Waals surface area contributed by atoms with Crippen LogP contribution in [-0.4, -0.2) is 34.3 Å². The van der Waals surface area contributed by atoms with E-state index < -0.39 is 0 Å². The third-order valence-corrected chi connectivity index (χ3v) is 4.76. The summed E-state index contributed by atoms with van der Waals surface area (Å²) >= 11 is 0. The number of rotatable bonds is 6. The molecule has 0 atom stereocenters. The van der Waals surface area contributed by atoms with Crippen molar-refractivity contribution in [3.8, 4) is 5.82 Å². The standard InChI is InChI=1S/C23H30N6/c1-23(2,3)20-8-6-18(7-9-20)10-14-26-22(24-4)27-17-19-11-13-25-21(16-19)29-15-5-12-28-29/h5-9,11-13,15-16H,10,14,17H2,1-4H3,(H2,24,26,27). The lowest BCUT2D eigenvalue weighted by Crippen LogP contribution is -2.37. The van der Waals surface area contributed by atoms with Crippen LogP contribution in [0, 0.1) is 0 Å². The Balaban J connectivity index is 1.48. The second-order valence-corrected chi connectivity index (χ2v) is 8.02. The Labute approximate surface area is 173 Å². The molecule has 0 aliphatic heterocycles. The van der Waals surface area contributed by atoms with Crippen LogP contribution in [0.3, 0.4) is 0 Å². The van der Waals surface area contributed by atoms with E-state index in [2.05, 4.69) is 70.7 Å². The Morgan fingerprint density at radius 1 is 1.03 bits per heavy atom. The van der Waals surface area contributed by atoms with E-state index in [-0.39, 0.29) is 5.41 Å². The summed E-state index contributed by atoms with van der Waals surface area (Å²) in [4.78, 5) is 8.67. The highest BCUT2D eigenvalue weighted by atomic mass is 15.3. The number of nitrogens with zero attached hydrogens (tertiary/aromatic N) is 4. The van der Waals surface area contributed by atoms with Gasteiger partial charge in [0.25, 0.3) is 0 Å². The van der Waals surface area contributed by atoms with Crippen molar-refractivity contribution in [1.82, 2.24) is 25.4 Å². The van der Waals surface area contributed by atoms with Gasteiger partial charge in [-0.05, 0) is 46.7 Å². The summed E-state index contributed by atoms with van der Waals surface area (Å²) in [6.07, 6.45) is 6.37. The lowest BCUT2D eigenvalue weighted by molar-refractivity contribution is 0.590. The molecule has 6 nitrogen and oxygen atoms in total.